The van der Waals surface area contributed by atoms with Crippen LogP contribution in [0.25, 0.3) is 22.2 Å². The highest BCUT2D eigenvalue weighted by Gasteiger charge is 2.12. The number of benzene rings is 1. The molecule has 4 aromatic rings. The van der Waals surface area contributed by atoms with Gasteiger partial charge in [-0.05, 0) is 45.8 Å². The lowest BCUT2D eigenvalue weighted by Crippen LogP contribution is -2.22. The normalized spacial score (nSPS) is 12.5. The van der Waals surface area contributed by atoms with Crippen LogP contribution in [0.15, 0.2) is 45.8 Å². The number of pyridine rings is 1. The van der Waals surface area contributed by atoms with Gasteiger partial charge >= 0.3 is 0 Å². The minimum Gasteiger partial charge on any atom is -0.267 e. The molecule has 0 atom stereocenters. The monoisotopic (exact) mass is 375 g/mol. The topological polar surface area (TPSA) is 47.3 Å². The average Bonchev–Trinajstić information content (AvgIpc) is 2.98. The van der Waals surface area contributed by atoms with Crippen molar-refractivity contribution in [3.8, 4) is 0 Å². The van der Waals surface area contributed by atoms with Gasteiger partial charge in [-0.3, -0.25) is 4.79 Å². The van der Waals surface area contributed by atoms with Crippen molar-refractivity contribution in [3.63, 3.8) is 0 Å². The molecule has 3 aromatic heterocycles. The van der Waals surface area contributed by atoms with Gasteiger partial charge in [0.2, 0.25) is 0 Å². The maximum absolute atomic E-state index is 12.9. The van der Waals surface area contributed by atoms with Crippen molar-refractivity contribution in [3.05, 3.63) is 67.3 Å². The summed E-state index contributed by atoms with van der Waals surface area (Å²) in [5.74, 6) is -0.304. The first-order valence-corrected chi connectivity index (χ1v) is 7.96. The Labute approximate surface area is 135 Å². The van der Waals surface area contributed by atoms with Crippen LogP contribution in [0.5, 0.6) is 0 Å². The molecule has 0 fully saturated rings. The van der Waals surface area contributed by atoms with E-state index in [9.17, 15) is 9.18 Å². The first-order valence-electron chi connectivity index (χ1n) is 6.35. The number of hydrogen-bond donors (Lipinski definition) is 0. The number of rotatable bonds is 1. The van der Waals surface area contributed by atoms with Gasteiger partial charge in [-0.25, -0.2) is 18.8 Å². The number of imidazole rings is 1. The maximum atomic E-state index is 12.9. The van der Waals surface area contributed by atoms with Crippen LogP contribution in [0.2, 0.25) is 0 Å². The molecule has 0 aliphatic heterocycles. The van der Waals surface area contributed by atoms with E-state index in [2.05, 4.69) is 25.9 Å². The molecule has 4 nitrogen and oxygen atoms in total. The largest absolute Gasteiger partial charge is 0.276 e. The van der Waals surface area contributed by atoms with E-state index < -0.39 is 0 Å². The third kappa shape index (κ3) is 2.13. The molecule has 108 valence electrons. The van der Waals surface area contributed by atoms with Gasteiger partial charge < -0.3 is 0 Å². The van der Waals surface area contributed by atoms with E-state index in [1.807, 2.05) is 6.07 Å². The molecular weight excluding hydrogens is 369 g/mol. The molecule has 0 saturated heterocycles. The summed E-state index contributed by atoms with van der Waals surface area (Å²) < 4.78 is 15.8. The highest BCUT2D eigenvalue weighted by Crippen LogP contribution is 2.18. The van der Waals surface area contributed by atoms with Gasteiger partial charge in [0.1, 0.15) is 11.3 Å². The molecule has 22 heavy (non-hydrogen) atoms. The number of nitrogens with zero attached hydrogens (tertiary/aromatic N) is 3. The molecule has 0 unspecified atom stereocenters. The van der Waals surface area contributed by atoms with Gasteiger partial charge in [-0.15, -0.1) is 0 Å². The predicted molar refractivity (Wildman–Crippen MR) is 87.5 cm³/mol. The van der Waals surface area contributed by atoms with Crippen LogP contribution in [0.3, 0.4) is 0 Å². The standard InChI is InChI=1S/C15H7BrFN3OS/c16-9-6-11-13(18-7-9)20-14(21)12(22-15(20)19-11)5-8-1-3-10(17)4-2-8/h1-7H/b12-5-. The van der Waals surface area contributed by atoms with E-state index in [4.69, 9.17) is 0 Å². The molecule has 1 aromatic carbocycles. The van der Waals surface area contributed by atoms with E-state index >= 15 is 0 Å². The minimum absolute atomic E-state index is 0.165. The number of fused-ring (bicyclic) bond motifs is 3. The van der Waals surface area contributed by atoms with Crippen molar-refractivity contribution < 1.29 is 4.39 Å². The highest BCUT2D eigenvalue weighted by molar-refractivity contribution is 9.10. The van der Waals surface area contributed by atoms with Crippen LogP contribution in [0, 0.1) is 5.82 Å². The Morgan fingerprint density at radius 3 is 2.82 bits per heavy atom. The molecule has 0 aliphatic rings. The fourth-order valence-electron chi connectivity index (χ4n) is 2.22. The summed E-state index contributed by atoms with van der Waals surface area (Å²) in [4.78, 5) is 21.8. The SMILES string of the molecule is O=c1/c(=C/c2ccc(F)cc2)sc2nc3cc(Br)cnc3n12. The van der Waals surface area contributed by atoms with Gasteiger partial charge in [0.05, 0.1) is 4.53 Å². The van der Waals surface area contributed by atoms with E-state index in [1.54, 1.807) is 24.4 Å². The van der Waals surface area contributed by atoms with Crippen molar-refractivity contribution in [2.24, 2.45) is 0 Å². The first-order chi connectivity index (χ1) is 10.6. The number of hydrogen-bond acceptors (Lipinski definition) is 4. The van der Waals surface area contributed by atoms with Crippen molar-refractivity contribution >= 4 is 49.5 Å². The van der Waals surface area contributed by atoms with Crippen LogP contribution >= 0.6 is 27.3 Å². The summed E-state index contributed by atoms with van der Waals surface area (Å²) in [5.41, 5.74) is 1.81. The molecule has 0 bridgehead atoms. The summed E-state index contributed by atoms with van der Waals surface area (Å²) in [7, 11) is 0. The Bertz CT molecular complexity index is 1120. The average molecular weight is 376 g/mol. The zero-order chi connectivity index (χ0) is 15.3. The Hall–Kier alpha value is -2.12. The first kappa shape index (κ1) is 13.5. The minimum atomic E-state index is -0.304. The second-order valence-corrected chi connectivity index (χ2v) is 6.62. The van der Waals surface area contributed by atoms with Crippen LogP contribution in [-0.4, -0.2) is 14.4 Å². The smallest absolute Gasteiger partial charge is 0.267 e. The van der Waals surface area contributed by atoms with Gasteiger partial charge in [-0.2, -0.15) is 0 Å². The maximum Gasteiger partial charge on any atom is 0.276 e. The third-order valence-corrected chi connectivity index (χ3v) is 4.62. The van der Waals surface area contributed by atoms with E-state index in [0.29, 0.717) is 20.7 Å². The molecular formula is C15H7BrFN3OS. The summed E-state index contributed by atoms with van der Waals surface area (Å²) >= 11 is 4.63. The molecule has 3 heterocycles. The lowest BCUT2D eigenvalue weighted by Gasteiger charge is -1.91. The second kappa shape index (κ2) is 4.96. The summed E-state index contributed by atoms with van der Waals surface area (Å²) in [6.45, 7) is 0. The fraction of sp³-hybridized carbons (Fsp3) is 0. The molecule has 0 radical (unpaired) electrons. The second-order valence-electron chi connectivity index (χ2n) is 4.69. The molecule has 7 heteroatoms. The molecule has 0 N–H and O–H groups in total. The van der Waals surface area contributed by atoms with Gasteiger partial charge in [0.25, 0.3) is 5.56 Å². The fourth-order valence-corrected chi connectivity index (χ4v) is 3.52. The predicted octanol–water partition coefficient (Wildman–Crippen LogP) is 2.75. The molecule has 0 amide bonds. The zero-order valence-electron chi connectivity index (χ0n) is 11.0. The van der Waals surface area contributed by atoms with Gasteiger partial charge in [0.15, 0.2) is 10.6 Å². The highest BCUT2D eigenvalue weighted by atomic mass is 79.9. The quantitative estimate of drug-likeness (QED) is 0.513. The Morgan fingerprint density at radius 2 is 2.05 bits per heavy atom. The van der Waals surface area contributed by atoms with Crippen molar-refractivity contribution in [1.29, 1.82) is 0 Å². The molecule has 0 aliphatic carbocycles. The van der Waals surface area contributed by atoms with Crippen LogP contribution in [0.4, 0.5) is 4.39 Å². The summed E-state index contributed by atoms with van der Waals surface area (Å²) in [6.07, 6.45) is 3.36. The number of aromatic nitrogens is 3. The van der Waals surface area contributed by atoms with Crippen LogP contribution in [-0.2, 0) is 0 Å². The Morgan fingerprint density at radius 1 is 1.27 bits per heavy atom. The van der Waals surface area contributed by atoms with E-state index in [1.165, 1.54) is 27.9 Å². The Kier molecular flexibility index (Phi) is 3.05. The van der Waals surface area contributed by atoms with E-state index in [0.717, 1.165) is 10.0 Å². The molecule has 0 saturated carbocycles. The lowest BCUT2D eigenvalue weighted by atomic mass is 10.2. The molecule has 4 rings (SSSR count). The van der Waals surface area contributed by atoms with Crippen molar-refractivity contribution in [2.75, 3.05) is 0 Å². The van der Waals surface area contributed by atoms with Gasteiger partial charge in [-0.1, -0.05) is 23.5 Å². The summed E-state index contributed by atoms with van der Waals surface area (Å²) in [6, 6.07) is 7.81. The number of thiazole rings is 1. The molecule has 0 spiro atoms. The van der Waals surface area contributed by atoms with Crippen molar-refractivity contribution in [2.45, 2.75) is 0 Å². The summed E-state index contributed by atoms with van der Waals surface area (Å²) in [5, 5.41) is 0. The third-order valence-electron chi connectivity index (χ3n) is 3.22. The Balaban J connectivity index is 1.98. The van der Waals surface area contributed by atoms with E-state index in [-0.39, 0.29) is 11.4 Å². The van der Waals surface area contributed by atoms with Crippen LogP contribution in [0.1, 0.15) is 5.56 Å². The zero-order valence-corrected chi connectivity index (χ0v) is 13.4. The van der Waals surface area contributed by atoms with Gasteiger partial charge in [0, 0.05) is 10.7 Å². The van der Waals surface area contributed by atoms with Crippen LogP contribution < -0.4 is 10.1 Å². The number of halogens is 2. The lowest BCUT2D eigenvalue weighted by molar-refractivity contribution is 0.628. The van der Waals surface area contributed by atoms with Crippen molar-refractivity contribution in [1.82, 2.24) is 14.4 Å².